The van der Waals surface area contributed by atoms with Gasteiger partial charge >= 0.3 is 0 Å². The smallest absolute Gasteiger partial charge is 0.231 e. The number of halogens is 2. The molecule has 0 aliphatic heterocycles. The van der Waals surface area contributed by atoms with E-state index in [2.05, 4.69) is 15.5 Å². The van der Waals surface area contributed by atoms with Gasteiger partial charge in [0.1, 0.15) is 29.8 Å². The van der Waals surface area contributed by atoms with Gasteiger partial charge < -0.3 is 10.1 Å². The summed E-state index contributed by atoms with van der Waals surface area (Å²) in [5.74, 6) is -1.54. The summed E-state index contributed by atoms with van der Waals surface area (Å²) in [6.07, 6.45) is 1.51. The second kappa shape index (κ2) is 9.16. The third-order valence-corrected chi connectivity index (χ3v) is 4.85. The molecule has 0 bridgehead atoms. The van der Waals surface area contributed by atoms with Crippen LogP contribution in [0.2, 0.25) is 0 Å². The van der Waals surface area contributed by atoms with E-state index in [1.54, 1.807) is 29.9 Å². The number of hydrogen-bond acceptors (Lipinski definition) is 6. The van der Waals surface area contributed by atoms with Crippen LogP contribution in [-0.4, -0.2) is 33.5 Å². The number of carbonyl (C=O) groups is 1. The molecule has 3 rings (SSSR count). The maximum atomic E-state index is 13.9. The Balaban J connectivity index is 1.65. The van der Waals surface area contributed by atoms with E-state index in [0.29, 0.717) is 17.0 Å². The average molecular weight is 415 g/mol. The first-order valence-electron chi connectivity index (χ1n) is 8.33. The monoisotopic (exact) mass is 415 g/mol. The molecule has 29 heavy (non-hydrogen) atoms. The van der Waals surface area contributed by atoms with E-state index in [1.165, 1.54) is 6.33 Å². The molecule has 0 aliphatic carbocycles. The van der Waals surface area contributed by atoms with Gasteiger partial charge in [0.2, 0.25) is 5.91 Å². The first-order chi connectivity index (χ1) is 14.0. The quantitative estimate of drug-likeness (QED) is 0.597. The van der Waals surface area contributed by atoms with Crippen LogP contribution in [0.5, 0.6) is 5.75 Å². The van der Waals surface area contributed by atoms with Gasteiger partial charge in [-0.2, -0.15) is 5.26 Å². The highest BCUT2D eigenvalue weighted by Gasteiger charge is 2.19. The SMILES string of the molecule is COc1ccc(-n2cnnc2SCC(=O)NC(C#N)c2ccc(F)cc2F)cc1. The largest absolute Gasteiger partial charge is 0.497 e. The zero-order valence-corrected chi connectivity index (χ0v) is 16.0. The van der Waals surface area contributed by atoms with Gasteiger partial charge in [0.05, 0.1) is 18.9 Å². The van der Waals surface area contributed by atoms with Gasteiger partial charge in [0.15, 0.2) is 5.16 Å². The molecule has 3 aromatic rings. The normalized spacial score (nSPS) is 11.5. The summed E-state index contributed by atoms with van der Waals surface area (Å²) in [6.45, 7) is 0. The number of amides is 1. The molecule has 2 aromatic carbocycles. The van der Waals surface area contributed by atoms with Gasteiger partial charge in [-0.1, -0.05) is 17.8 Å². The van der Waals surface area contributed by atoms with Crippen molar-refractivity contribution in [3.8, 4) is 17.5 Å². The van der Waals surface area contributed by atoms with E-state index in [9.17, 15) is 18.8 Å². The van der Waals surface area contributed by atoms with Gasteiger partial charge in [-0.05, 0) is 30.3 Å². The number of benzene rings is 2. The molecule has 1 N–H and O–H groups in total. The lowest BCUT2D eigenvalue weighted by Crippen LogP contribution is -2.29. The van der Waals surface area contributed by atoms with Crippen molar-refractivity contribution in [3.63, 3.8) is 0 Å². The molecule has 0 fully saturated rings. The summed E-state index contributed by atoms with van der Waals surface area (Å²) in [5, 5.41) is 20.0. The minimum absolute atomic E-state index is 0.0736. The van der Waals surface area contributed by atoms with E-state index in [-0.39, 0.29) is 11.3 Å². The van der Waals surface area contributed by atoms with E-state index in [0.717, 1.165) is 29.6 Å². The predicted octanol–water partition coefficient (Wildman–Crippen LogP) is 3.03. The van der Waals surface area contributed by atoms with Crippen molar-refractivity contribution in [2.45, 2.75) is 11.2 Å². The molecule has 148 valence electrons. The van der Waals surface area contributed by atoms with E-state index in [1.807, 2.05) is 12.1 Å². The van der Waals surface area contributed by atoms with Crippen LogP contribution in [0.15, 0.2) is 53.9 Å². The third-order valence-electron chi connectivity index (χ3n) is 3.91. The number of rotatable bonds is 7. The first kappa shape index (κ1) is 20.3. The molecule has 1 heterocycles. The minimum Gasteiger partial charge on any atom is -0.497 e. The van der Waals surface area contributed by atoms with Gasteiger partial charge in [-0.3, -0.25) is 9.36 Å². The Morgan fingerprint density at radius 1 is 1.31 bits per heavy atom. The van der Waals surface area contributed by atoms with Gasteiger partial charge in [0.25, 0.3) is 0 Å². The molecule has 0 saturated heterocycles. The van der Waals surface area contributed by atoms with Crippen LogP contribution in [0.3, 0.4) is 0 Å². The minimum atomic E-state index is -1.23. The average Bonchev–Trinajstić information content (AvgIpc) is 3.19. The molecule has 0 aliphatic rings. The van der Waals surface area contributed by atoms with Crippen LogP contribution < -0.4 is 10.1 Å². The maximum Gasteiger partial charge on any atom is 0.231 e. The number of nitrogens with zero attached hydrogens (tertiary/aromatic N) is 4. The highest BCUT2D eigenvalue weighted by molar-refractivity contribution is 7.99. The van der Waals surface area contributed by atoms with Crippen molar-refractivity contribution in [2.24, 2.45) is 0 Å². The molecule has 1 unspecified atom stereocenters. The van der Waals surface area contributed by atoms with Crippen molar-refractivity contribution in [1.29, 1.82) is 5.26 Å². The number of hydrogen-bond donors (Lipinski definition) is 1. The van der Waals surface area contributed by atoms with Crippen molar-refractivity contribution < 1.29 is 18.3 Å². The highest BCUT2D eigenvalue weighted by Crippen LogP contribution is 2.22. The van der Waals surface area contributed by atoms with Crippen molar-refractivity contribution >= 4 is 17.7 Å². The number of nitrogens with one attached hydrogen (secondary N) is 1. The molecule has 10 heteroatoms. The molecule has 7 nitrogen and oxygen atoms in total. The summed E-state index contributed by atoms with van der Waals surface area (Å²) in [6, 6.07) is 10.6. The molecule has 0 saturated carbocycles. The number of nitriles is 1. The van der Waals surface area contributed by atoms with E-state index >= 15 is 0 Å². The number of thioether (sulfide) groups is 1. The summed E-state index contributed by atoms with van der Waals surface area (Å²) in [7, 11) is 1.57. The lowest BCUT2D eigenvalue weighted by atomic mass is 10.1. The Kier molecular flexibility index (Phi) is 6.41. The summed E-state index contributed by atoms with van der Waals surface area (Å²) in [4.78, 5) is 12.2. The topological polar surface area (TPSA) is 92.8 Å². The molecule has 0 spiro atoms. The van der Waals surface area contributed by atoms with Crippen molar-refractivity contribution in [1.82, 2.24) is 20.1 Å². The Morgan fingerprint density at radius 3 is 2.72 bits per heavy atom. The fourth-order valence-electron chi connectivity index (χ4n) is 2.49. The van der Waals surface area contributed by atoms with Crippen LogP contribution in [0.25, 0.3) is 5.69 Å². The van der Waals surface area contributed by atoms with Gasteiger partial charge in [-0.15, -0.1) is 10.2 Å². The first-order valence-corrected chi connectivity index (χ1v) is 9.31. The summed E-state index contributed by atoms with van der Waals surface area (Å²) >= 11 is 1.10. The van der Waals surface area contributed by atoms with E-state index < -0.39 is 23.6 Å². The van der Waals surface area contributed by atoms with Crippen molar-refractivity contribution in [2.75, 3.05) is 12.9 Å². The lowest BCUT2D eigenvalue weighted by molar-refractivity contribution is -0.118. The number of carbonyl (C=O) groups excluding carboxylic acids is 1. The standard InChI is InChI=1S/C19H15F2N5O2S/c1-28-14-5-3-13(4-6-14)26-11-23-25-19(26)29-10-18(27)24-17(9-22)15-7-2-12(20)8-16(15)21/h2-8,11,17H,10H2,1H3,(H,24,27). The van der Waals surface area contributed by atoms with Crippen LogP contribution in [0.1, 0.15) is 11.6 Å². The molecule has 1 amide bonds. The fourth-order valence-corrected chi connectivity index (χ4v) is 3.23. The van der Waals surface area contributed by atoms with Gasteiger partial charge in [0, 0.05) is 17.3 Å². The predicted molar refractivity (Wildman–Crippen MR) is 101 cm³/mol. The summed E-state index contributed by atoms with van der Waals surface area (Å²) < 4.78 is 33.7. The Bertz CT molecular complexity index is 1050. The van der Waals surface area contributed by atoms with Crippen LogP contribution in [-0.2, 0) is 4.79 Å². The molecule has 1 aromatic heterocycles. The third kappa shape index (κ3) is 4.89. The summed E-state index contributed by atoms with van der Waals surface area (Å²) in [5.41, 5.74) is 0.677. The molecular formula is C19H15F2N5O2S. The second-order valence-electron chi connectivity index (χ2n) is 5.77. The van der Waals surface area contributed by atoms with E-state index in [4.69, 9.17) is 4.74 Å². The lowest BCUT2D eigenvalue weighted by Gasteiger charge is -2.13. The Morgan fingerprint density at radius 2 is 2.07 bits per heavy atom. The Hall–Kier alpha value is -3.45. The molecule has 0 radical (unpaired) electrons. The van der Waals surface area contributed by atoms with Gasteiger partial charge in [-0.25, -0.2) is 8.78 Å². The number of methoxy groups -OCH3 is 1. The van der Waals surface area contributed by atoms with Crippen LogP contribution >= 0.6 is 11.8 Å². The highest BCUT2D eigenvalue weighted by atomic mass is 32.2. The zero-order valence-electron chi connectivity index (χ0n) is 15.2. The second-order valence-corrected chi connectivity index (χ2v) is 6.71. The molecule has 1 atom stereocenters. The van der Waals surface area contributed by atoms with Crippen molar-refractivity contribution in [3.05, 3.63) is 66.0 Å². The number of aromatic nitrogens is 3. The Labute approximate surface area is 169 Å². The van der Waals surface area contributed by atoms with Crippen LogP contribution in [0.4, 0.5) is 8.78 Å². The van der Waals surface area contributed by atoms with Crippen LogP contribution in [0, 0.1) is 23.0 Å². The zero-order chi connectivity index (χ0) is 20.8. The molecular weight excluding hydrogens is 400 g/mol. The fraction of sp³-hybridized carbons (Fsp3) is 0.158. The number of ether oxygens (including phenoxy) is 1. The maximum absolute atomic E-state index is 13.9.